The van der Waals surface area contributed by atoms with Crippen LogP contribution in [-0.2, 0) is 0 Å². The first-order valence-electron chi connectivity index (χ1n) is 7.04. The molecule has 1 aliphatic heterocycles. The predicted molar refractivity (Wildman–Crippen MR) is 75.1 cm³/mol. The fourth-order valence-corrected chi connectivity index (χ4v) is 2.92. The molecule has 3 heteroatoms. The number of methoxy groups -OCH3 is 1. The van der Waals surface area contributed by atoms with Crippen molar-refractivity contribution in [3.63, 3.8) is 0 Å². The summed E-state index contributed by atoms with van der Waals surface area (Å²) in [7, 11) is 1.62. The number of ketones is 1. The van der Waals surface area contributed by atoms with Crippen LogP contribution in [0.4, 0.5) is 0 Å². The second kappa shape index (κ2) is 5.64. The number of benzene rings is 1. The van der Waals surface area contributed by atoms with Crippen molar-refractivity contribution in [2.24, 2.45) is 0 Å². The monoisotopic (exact) mass is 262 g/mol. The summed E-state index contributed by atoms with van der Waals surface area (Å²) < 4.78 is 11.4. The van der Waals surface area contributed by atoms with Crippen molar-refractivity contribution in [1.29, 1.82) is 0 Å². The van der Waals surface area contributed by atoms with Gasteiger partial charge in [-0.05, 0) is 25.0 Å². The average Bonchev–Trinajstić information content (AvgIpc) is 2.38. The minimum absolute atomic E-state index is 0.186. The van der Waals surface area contributed by atoms with Gasteiger partial charge in [0.15, 0.2) is 5.78 Å². The Kier molecular flexibility index (Phi) is 4.13. The molecule has 1 aliphatic rings. The molecule has 3 nitrogen and oxygen atoms in total. The highest BCUT2D eigenvalue weighted by molar-refractivity contribution is 6.00. The van der Waals surface area contributed by atoms with E-state index in [1.54, 1.807) is 13.2 Å². The summed E-state index contributed by atoms with van der Waals surface area (Å²) in [5.74, 6) is 1.60. The first kappa shape index (κ1) is 13.9. The van der Waals surface area contributed by atoms with Crippen molar-refractivity contribution in [3.8, 4) is 11.5 Å². The lowest BCUT2D eigenvalue weighted by Gasteiger charge is -2.38. The first-order chi connectivity index (χ1) is 9.14. The number of carbonyl (C=O) groups excluding carboxylic acids is 1. The summed E-state index contributed by atoms with van der Waals surface area (Å²) in [6, 6.07) is 5.44. The second-order valence-electron chi connectivity index (χ2n) is 5.25. The van der Waals surface area contributed by atoms with Gasteiger partial charge in [-0.1, -0.05) is 26.7 Å². The predicted octanol–water partition coefficient (Wildman–Crippen LogP) is 4.00. The van der Waals surface area contributed by atoms with Gasteiger partial charge >= 0.3 is 0 Å². The number of hydrogen-bond donors (Lipinski definition) is 0. The highest BCUT2D eigenvalue weighted by atomic mass is 16.5. The van der Waals surface area contributed by atoms with Crippen LogP contribution in [0.25, 0.3) is 0 Å². The molecule has 0 radical (unpaired) electrons. The van der Waals surface area contributed by atoms with Crippen LogP contribution >= 0.6 is 0 Å². The molecule has 0 saturated heterocycles. The second-order valence-corrected chi connectivity index (χ2v) is 5.25. The summed E-state index contributed by atoms with van der Waals surface area (Å²) >= 11 is 0. The maximum Gasteiger partial charge on any atom is 0.170 e. The zero-order chi connectivity index (χ0) is 13.9. The van der Waals surface area contributed by atoms with Crippen LogP contribution in [0.2, 0.25) is 0 Å². The molecule has 0 spiro atoms. The standard InChI is InChI=1S/C16H22O3/c1-4-8-16(9-5-2)11-14(17)13-7-6-12(18-3)10-15(13)19-16/h6-7,10H,4-5,8-9,11H2,1-3H3. The van der Waals surface area contributed by atoms with E-state index in [1.807, 2.05) is 12.1 Å². The van der Waals surface area contributed by atoms with E-state index in [2.05, 4.69) is 13.8 Å². The van der Waals surface area contributed by atoms with E-state index in [0.29, 0.717) is 17.7 Å². The maximum atomic E-state index is 12.3. The summed E-state index contributed by atoms with van der Waals surface area (Å²) in [6.45, 7) is 4.26. The summed E-state index contributed by atoms with van der Waals surface area (Å²) in [5.41, 5.74) is 0.364. The molecule has 0 atom stereocenters. The summed E-state index contributed by atoms with van der Waals surface area (Å²) in [5, 5.41) is 0. The lowest BCUT2D eigenvalue weighted by Crippen LogP contribution is -2.41. The Morgan fingerprint density at radius 2 is 1.95 bits per heavy atom. The minimum atomic E-state index is -0.319. The molecule has 1 heterocycles. The molecule has 0 bridgehead atoms. The van der Waals surface area contributed by atoms with Gasteiger partial charge in [0, 0.05) is 6.07 Å². The molecule has 104 valence electrons. The molecule has 2 rings (SSSR count). The van der Waals surface area contributed by atoms with Gasteiger partial charge in [0.2, 0.25) is 0 Å². The lowest BCUT2D eigenvalue weighted by atomic mass is 9.83. The molecule has 1 aromatic rings. The largest absolute Gasteiger partial charge is 0.497 e. The molecule has 0 aromatic heterocycles. The normalized spacial score (nSPS) is 16.7. The van der Waals surface area contributed by atoms with Gasteiger partial charge in [-0.15, -0.1) is 0 Å². The van der Waals surface area contributed by atoms with Gasteiger partial charge in [-0.2, -0.15) is 0 Å². The van der Waals surface area contributed by atoms with Gasteiger partial charge in [-0.3, -0.25) is 4.79 Å². The number of rotatable bonds is 5. The molecular weight excluding hydrogens is 240 g/mol. The van der Waals surface area contributed by atoms with Gasteiger partial charge in [0.05, 0.1) is 19.1 Å². The number of hydrogen-bond acceptors (Lipinski definition) is 3. The highest BCUT2D eigenvalue weighted by Crippen LogP contribution is 2.40. The summed E-state index contributed by atoms with van der Waals surface area (Å²) in [6.07, 6.45) is 4.37. The minimum Gasteiger partial charge on any atom is -0.497 e. The summed E-state index contributed by atoms with van der Waals surface area (Å²) in [4.78, 5) is 12.3. The number of ether oxygens (including phenoxy) is 2. The number of Topliss-reactive ketones (excluding diaryl/α,β-unsaturated/α-hetero) is 1. The SMILES string of the molecule is CCCC1(CCC)CC(=O)c2ccc(OC)cc2O1. The van der Waals surface area contributed by atoms with Crippen molar-refractivity contribution in [3.05, 3.63) is 23.8 Å². The lowest BCUT2D eigenvalue weighted by molar-refractivity contribution is 0.0269. The van der Waals surface area contributed by atoms with E-state index in [9.17, 15) is 4.79 Å². The Hall–Kier alpha value is -1.51. The van der Waals surface area contributed by atoms with Gasteiger partial charge < -0.3 is 9.47 Å². The van der Waals surface area contributed by atoms with Crippen molar-refractivity contribution in [2.45, 2.75) is 51.6 Å². The third-order valence-corrected chi connectivity index (χ3v) is 3.71. The first-order valence-corrected chi connectivity index (χ1v) is 7.04. The molecular formula is C16H22O3. The Morgan fingerprint density at radius 1 is 1.26 bits per heavy atom. The van der Waals surface area contributed by atoms with E-state index in [0.717, 1.165) is 31.4 Å². The van der Waals surface area contributed by atoms with E-state index >= 15 is 0 Å². The zero-order valence-corrected chi connectivity index (χ0v) is 12.0. The quantitative estimate of drug-likeness (QED) is 0.804. The molecule has 0 unspecified atom stereocenters. The van der Waals surface area contributed by atoms with Crippen LogP contribution in [0, 0.1) is 0 Å². The molecule has 1 aromatic carbocycles. The van der Waals surface area contributed by atoms with Crippen molar-refractivity contribution >= 4 is 5.78 Å². The Bertz CT molecular complexity index is 459. The van der Waals surface area contributed by atoms with Crippen LogP contribution in [0.5, 0.6) is 11.5 Å². The van der Waals surface area contributed by atoms with Gasteiger partial charge in [-0.25, -0.2) is 0 Å². The van der Waals surface area contributed by atoms with Crippen LogP contribution in [0.15, 0.2) is 18.2 Å². The topological polar surface area (TPSA) is 35.5 Å². The van der Waals surface area contributed by atoms with Crippen molar-refractivity contribution in [2.75, 3.05) is 7.11 Å². The molecule has 0 amide bonds. The van der Waals surface area contributed by atoms with Gasteiger partial charge in [0.25, 0.3) is 0 Å². The molecule has 0 fully saturated rings. The van der Waals surface area contributed by atoms with E-state index < -0.39 is 0 Å². The number of fused-ring (bicyclic) bond motifs is 1. The van der Waals surface area contributed by atoms with E-state index in [4.69, 9.17) is 9.47 Å². The smallest absolute Gasteiger partial charge is 0.170 e. The van der Waals surface area contributed by atoms with E-state index in [1.165, 1.54) is 0 Å². The van der Waals surface area contributed by atoms with Gasteiger partial charge in [0.1, 0.15) is 17.1 Å². The molecule has 19 heavy (non-hydrogen) atoms. The Balaban J connectivity index is 2.37. The number of carbonyl (C=O) groups is 1. The third-order valence-electron chi connectivity index (χ3n) is 3.71. The fourth-order valence-electron chi connectivity index (χ4n) is 2.92. The molecule has 0 saturated carbocycles. The Morgan fingerprint density at radius 3 is 2.53 bits per heavy atom. The van der Waals surface area contributed by atoms with Crippen LogP contribution in [0.3, 0.4) is 0 Å². The maximum absolute atomic E-state index is 12.3. The third kappa shape index (κ3) is 2.75. The van der Waals surface area contributed by atoms with Crippen LogP contribution in [-0.4, -0.2) is 18.5 Å². The fraction of sp³-hybridized carbons (Fsp3) is 0.562. The Labute approximate surface area is 114 Å². The van der Waals surface area contributed by atoms with Crippen LogP contribution in [0.1, 0.15) is 56.3 Å². The van der Waals surface area contributed by atoms with Crippen molar-refractivity contribution < 1.29 is 14.3 Å². The van der Waals surface area contributed by atoms with E-state index in [-0.39, 0.29) is 11.4 Å². The molecule has 0 N–H and O–H groups in total. The molecule has 0 aliphatic carbocycles. The zero-order valence-electron chi connectivity index (χ0n) is 12.0. The average molecular weight is 262 g/mol. The highest BCUT2D eigenvalue weighted by Gasteiger charge is 2.39. The van der Waals surface area contributed by atoms with Crippen LogP contribution < -0.4 is 9.47 Å². The van der Waals surface area contributed by atoms with Crippen molar-refractivity contribution in [1.82, 2.24) is 0 Å².